The minimum absolute atomic E-state index is 0.00290. The van der Waals surface area contributed by atoms with E-state index in [1.165, 1.54) is 4.90 Å². The van der Waals surface area contributed by atoms with Gasteiger partial charge in [-0.1, -0.05) is 0 Å². The van der Waals surface area contributed by atoms with Crippen LogP contribution in [0.4, 0.5) is 18.4 Å². The Hall–Kier alpha value is -2.46. The highest BCUT2D eigenvalue weighted by Crippen LogP contribution is 2.12. The van der Waals surface area contributed by atoms with Crippen LogP contribution >= 0.6 is 0 Å². The number of hydrogen-bond donors (Lipinski definition) is 4. The summed E-state index contributed by atoms with van der Waals surface area (Å²) >= 11 is 0. The van der Waals surface area contributed by atoms with Crippen molar-refractivity contribution < 1.29 is 33.3 Å². The zero-order valence-electron chi connectivity index (χ0n) is 14.8. The number of ether oxygens (including phenoxy) is 1. The number of aliphatic hydroxyl groups excluding tert-OH is 1. The average molecular weight is 387 g/mol. The number of carbonyl (C=O) groups excluding carboxylic acids is 1. The van der Waals surface area contributed by atoms with Crippen LogP contribution < -0.4 is 10.6 Å². The van der Waals surface area contributed by atoms with Crippen LogP contribution in [0.1, 0.15) is 12.5 Å². The van der Waals surface area contributed by atoms with Crippen molar-refractivity contribution in [3.8, 4) is 0 Å². The largest absolute Gasteiger partial charge is 0.465 e. The van der Waals surface area contributed by atoms with Gasteiger partial charge in [0.1, 0.15) is 17.7 Å². The van der Waals surface area contributed by atoms with E-state index in [-0.39, 0.29) is 31.2 Å². The maximum absolute atomic E-state index is 13.3. The molecule has 1 aromatic rings. The fourth-order valence-corrected chi connectivity index (χ4v) is 2.90. The Morgan fingerprint density at radius 2 is 2.04 bits per heavy atom. The molecule has 2 amide bonds. The van der Waals surface area contributed by atoms with E-state index in [0.29, 0.717) is 19.2 Å². The predicted octanol–water partition coefficient (Wildman–Crippen LogP) is 0.935. The quantitative estimate of drug-likeness (QED) is 0.502. The van der Waals surface area contributed by atoms with E-state index in [2.05, 4.69) is 10.6 Å². The summed E-state index contributed by atoms with van der Waals surface area (Å²) in [7, 11) is 0. The van der Waals surface area contributed by atoms with Gasteiger partial charge in [-0.05, 0) is 31.0 Å². The molecule has 0 aliphatic carbocycles. The first-order chi connectivity index (χ1) is 12.8. The number of benzene rings is 1. The number of halogens is 2. The Morgan fingerprint density at radius 3 is 2.59 bits per heavy atom. The van der Waals surface area contributed by atoms with Gasteiger partial charge in [0.05, 0.1) is 18.7 Å². The van der Waals surface area contributed by atoms with Crippen molar-refractivity contribution in [2.75, 3.05) is 26.2 Å². The first-order valence-corrected chi connectivity index (χ1v) is 8.57. The van der Waals surface area contributed by atoms with Crippen LogP contribution in [0.25, 0.3) is 0 Å². The van der Waals surface area contributed by atoms with Gasteiger partial charge in [0, 0.05) is 25.7 Å². The van der Waals surface area contributed by atoms with Crippen molar-refractivity contribution in [3.05, 3.63) is 35.4 Å². The van der Waals surface area contributed by atoms with Gasteiger partial charge in [-0.25, -0.2) is 18.4 Å². The second kappa shape index (κ2) is 9.47. The Morgan fingerprint density at radius 1 is 1.37 bits per heavy atom. The van der Waals surface area contributed by atoms with E-state index in [1.54, 1.807) is 0 Å². The lowest BCUT2D eigenvalue weighted by Gasteiger charge is -2.24. The third-order valence-electron chi connectivity index (χ3n) is 4.21. The molecule has 4 N–H and O–H groups in total. The molecular weight excluding hydrogens is 364 g/mol. The van der Waals surface area contributed by atoms with E-state index in [9.17, 15) is 23.5 Å². The summed E-state index contributed by atoms with van der Waals surface area (Å²) in [4.78, 5) is 24.0. The monoisotopic (exact) mass is 387 g/mol. The lowest BCUT2D eigenvalue weighted by Crippen LogP contribution is -2.49. The van der Waals surface area contributed by atoms with Crippen molar-refractivity contribution in [1.29, 1.82) is 0 Å². The number of nitrogens with one attached hydrogen (secondary N) is 2. The van der Waals surface area contributed by atoms with Gasteiger partial charge in [0.25, 0.3) is 0 Å². The van der Waals surface area contributed by atoms with Crippen LogP contribution in [-0.2, 0) is 11.2 Å². The van der Waals surface area contributed by atoms with E-state index >= 15 is 0 Å². The van der Waals surface area contributed by atoms with Gasteiger partial charge in [-0.2, -0.15) is 0 Å². The van der Waals surface area contributed by atoms with Crippen LogP contribution in [0.15, 0.2) is 18.2 Å². The first-order valence-electron chi connectivity index (χ1n) is 8.57. The highest BCUT2D eigenvalue weighted by atomic mass is 19.1. The molecule has 0 unspecified atom stereocenters. The zero-order chi connectivity index (χ0) is 20.0. The first kappa shape index (κ1) is 20.8. The molecule has 10 heteroatoms. The molecule has 0 aromatic heterocycles. The Bertz CT molecular complexity index is 656. The van der Waals surface area contributed by atoms with Gasteiger partial charge in [0.2, 0.25) is 0 Å². The van der Waals surface area contributed by atoms with E-state index in [0.717, 1.165) is 12.1 Å². The summed E-state index contributed by atoms with van der Waals surface area (Å²) in [6.07, 6.45) is -3.38. The summed E-state index contributed by atoms with van der Waals surface area (Å²) in [5, 5.41) is 24.3. The highest BCUT2D eigenvalue weighted by Gasteiger charge is 2.30. The number of nitrogens with zero attached hydrogens (tertiary/aromatic N) is 1. The molecule has 1 saturated heterocycles. The summed E-state index contributed by atoms with van der Waals surface area (Å²) in [5.41, 5.74) is 0.216. The molecule has 150 valence electrons. The van der Waals surface area contributed by atoms with Gasteiger partial charge < -0.3 is 30.5 Å². The van der Waals surface area contributed by atoms with E-state index in [4.69, 9.17) is 9.84 Å². The normalized spacial score (nSPS) is 18.9. The van der Waals surface area contributed by atoms with Gasteiger partial charge in [0.15, 0.2) is 0 Å². The van der Waals surface area contributed by atoms with Crippen LogP contribution in [0.5, 0.6) is 0 Å². The van der Waals surface area contributed by atoms with Gasteiger partial charge >= 0.3 is 12.2 Å². The molecule has 1 aliphatic rings. The molecule has 1 aliphatic heterocycles. The molecule has 2 rings (SSSR count). The SMILES string of the molecule is CCN1C[C@@H](CNC[C@H](O)[C@H](Cc2cc(F)cc(F)c2)NC(=O)O)OC1=O. The molecule has 1 heterocycles. The number of cyclic esters (lactones) is 1. The average Bonchev–Trinajstić information content (AvgIpc) is 2.92. The van der Waals surface area contributed by atoms with Crippen molar-refractivity contribution >= 4 is 12.2 Å². The lowest BCUT2D eigenvalue weighted by atomic mass is 10.0. The maximum Gasteiger partial charge on any atom is 0.410 e. The summed E-state index contributed by atoms with van der Waals surface area (Å²) in [6.45, 7) is 3.08. The lowest BCUT2D eigenvalue weighted by molar-refractivity contribution is 0.108. The standard InChI is InChI=1S/C17H23F2N3O5/c1-2-22-9-13(27-17(22)26)7-20-8-15(23)14(21-16(24)25)5-10-3-11(18)6-12(19)4-10/h3-4,6,13-15,20-21,23H,2,5,7-9H2,1H3,(H,24,25)/t13-,14+,15+/m1/s1. The molecular formula is C17H23F2N3O5. The number of carbonyl (C=O) groups is 2. The number of carboxylic acid groups (broad SMARTS) is 1. The summed E-state index contributed by atoms with van der Waals surface area (Å²) in [6, 6.07) is 1.90. The van der Waals surface area contributed by atoms with Crippen molar-refractivity contribution in [2.45, 2.75) is 31.6 Å². The van der Waals surface area contributed by atoms with Crippen LogP contribution in [-0.4, -0.2) is 71.7 Å². The van der Waals surface area contributed by atoms with E-state index in [1.807, 2.05) is 6.92 Å². The molecule has 0 spiro atoms. The third kappa shape index (κ3) is 6.33. The van der Waals surface area contributed by atoms with Gasteiger partial charge in [-0.3, -0.25) is 0 Å². The maximum atomic E-state index is 13.3. The number of hydrogen-bond acceptors (Lipinski definition) is 5. The number of aliphatic hydroxyl groups is 1. The molecule has 0 radical (unpaired) electrons. The molecule has 27 heavy (non-hydrogen) atoms. The molecule has 0 saturated carbocycles. The van der Waals surface area contributed by atoms with Crippen LogP contribution in [0.3, 0.4) is 0 Å². The minimum atomic E-state index is -1.36. The highest BCUT2D eigenvalue weighted by molar-refractivity contribution is 5.69. The minimum Gasteiger partial charge on any atom is -0.465 e. The fourth-order valence-electron chi connectivity index (χ4n) is 2.90. The Labute approximate surface area is 155 Å². The second-order valence-corrected chi connectivity index (χ2v) is 6.31. The third-order valence-corrected chi connectivity index (χ3v) is 4.21. The Kier molecular flexibility index (Phi) is 7.31. The van der Waals surface area contributed by atoms with Crippen LogP contribution in [0, 0.1) is 11.6 Å². The summed E-state index contributed by atoms with van der Waals surface area (Å²) in [5.74, 6) is -1.56. The number of amides is 2. The fraction of sp³-hybridized carbons (Fsp3) is 0.529. The number of rotatable bonds is 9. The van der Waals surface area contributed by atoms with Crippen LogP contribution in [0.2, 0.25) is 0 Å². The topological polar surface area (TPSA) is 111 Å². The molecule has 1 fully saturated rings. The van der Waals surface area contributed by atoms with Crippen molar-refractivity contribution in [3.63, 3.8) is 0 Å². The molecule has 8 nitrogen and oxygen atoms in total. The Balaban J connectivity index is 1.89. The second-order valence-electron chi connectivity index (χ2n) is 6.31. The van der Waals surface area contributed by atoms with E-state index < -0.39 is 36.0 Å². The smallest absolute Gasteiger partial charge is 0.410 e. The van der Waals surface area contributed by atoms with Crippen molar-refractivity contribution in [2.24, 2.45) is 0 Å². The summed E-state index contributed by atoms with van der Waals surface area (Å²) < 4.78 is 31.8. The zero-order valence-corrected chi connectivity index (χ0v) is 14.8. The number of likely N-dealkylation sites (N-methyl/N-ethyl adjacent to an activating group) is 1. The molecule has 3 atom stereocenters. The predicted molar refractivity (Wildman–Crippen MR) is 91.4 cm³/mol. The van der Waals surface area contributed by atoms with Gasteiger partial charge in [-0.15, -0.1) is 0 Å². The molecule has 0 bridgehead atoms. The van der Waals surface area contributed by atoms with Crippen molar-refractivity contribution in [1.82, 2.24) is 15.5 Å². The molecule has 1 aromatic carbocycles.